The van der Waals surface area contributed by atoms with Crippen LogP contribution in [0.1, 0.15) is 54.4 Å². The first-order chi connectivity index (χ1) is 17.0. The largest absolute Gasteiger partial charge is 0.507 e. The van der Waals surface area contributed by atoms with E-state index in [0.29, 0.717) is 24.2 Å². The average Bonchev–Trinajstić information content (AvgIpc) is 3.72. The second-order valence-corrected chi connectivity index (χ2v) is 9.49. The summed E-state index contributed by atoms with van der Waals surface area (Å²) in [7, 11) is 1.48. The molecule has 35 heavy (non-hydrogen) atoms. The molecule has 0 aromatic heterocycles. The number of rotatable bonds is 8. The Hall–Kier alpha value is -3.73. The number of hydrogen-bond acceptors (Lipinski definition) is 5. The predicted molar refractivity (Wildman–Crippen MR) is 134 cm³/mol. The van der Waals surface area contributed by atoms with E-state index in [2.05, 4.69) is 33.1 Å². The predicted octanol–water partition coefficient (Wildman–Crippen LogP) is 3.44. The molecule has 0 heterocycles. The third-order valence-electron chi connectivity index (χ3n) is 7.13. The van der Waals surface area contributed by atoms with E-state index in [1.165, 1.54) is 31.6 Å². The molecule has 2 saturated carbocycles. The van der Waals surface area contributed by atoms with Gasteiger partial charge in [-0.3, -0.25) is 4.79 Å². The molecular weight excluding hydrogens is 442 g/mol. The van der Waals surface area contributed by atoms with Gasteiger partial charge in [0.05, 0.1) is 7.11 Å². The third-order valence-corrected chi connectivity index (χ3v) is 7.13. The van der Waals surface area contributed by atoms with E-state index in [1.807, 2.05) is 24.4 Å². The molecule has 1 amide bonds. The molecule has 2 aliphatic carbocycles. The molecule has 8 nitrogen and oxygen atoms in total. The summed E-state index contributed by atoms with van der Waals surface area (Å²) in [6.07, 6.45) is 7.81. The number of hydrogen-bond donors (Lipinski definition) is 4. The minimum atomic E-state index is -0.358. The first kappa shape index (κ1) is 24.4. The molecule has 0 atom stereocenters. The lowest BCUT2D eigenvalue weighted by molar-refractivity contribution is 0.0929. The second kappa shape index (κ2) is 11.1. The van der Waals surface area contributed by atoms with Crippen molar-refractivity contribution >= 4 is 11.9 Å². The lowest BCUT2D eigenvalue weighted by Crippen LogP contribution is -2.50. The zero-order chi connectivity index (χ0) is 24.7. The average molecular weight is 476 g/mol. The number of amides is 1. The number of nitrogens with zero attached hydrogens (tertiary/aromatic N) is 2. The zero-order valence-electron chi connectivity index (χ0n) is 20.1. The molecule has 0 aliphatic heterocycles. The number of ether oxygens (including phenoxy) is 1. The van der Waals surface area contributed by atoms with Gasteiger partial charge in [0.25, 0.3) is 5.91 Å². The van der Waals surface area contributed by atoms with Crippen LogP contribution in [0.5, 0.6) is 11.5 Å². The number of carbonyl (C=O) groups is 1. The molecule has 0 saturated heterocycles. The summed E-state index contributed by atoms with van der Waals surface area (Å²) < 4.78 is 5.29. The molecule has 8 heteroatoms. The lowest BCUT2D eigenvalue weighted by atomic mass is 9.68. The van der Waals surface area contributed by atoms with Crippen LogP contribution in [0.2, 0.25) is 0 Å². The fraction of sp³-hybridized carbons (Fsp3) is 0.444. The minimum absolute atomic E-state index is 0.105. The lowest BCUT2D eigenvalue weighted by Gasteiger charge is -2.41. The van der Waals surface area contributed by atoms with Crippen molar-refractivity contribution in [3.8, 4) is 17.7 Å². The number of guanidine groups is 1. The highest BCUT2D eigenvalue weighted by atomic mass is 16.5. The van der Waals surface area contributed by atoms with Gasteiger partial charge in [-0.15, -0.1) is 4.99 Å². The topological polar surface area (TPSA) is 119 Å². The van der Waals surface area contributed by atoms with Crippen molar-refractivity contribution in [3.63, 3.8) is 0 Å². The molecule has 2 fully saturated rings. The molecule has 4 rings (SSSR count). The highest BCUT2D eigenvalue weighted by Crippen LogP contribution is 2.39. The summed E-state index contributed by atoms with van der Waals surface area (Å²) in [5.41, 5.74) is 1.09. The SMILES string of the molecule is COc1cccc(O)c1C(=O)NC[C@]1(c2ccccc2)CC[C@H](N/C(=N/C#N)NCC2CC2)CC1. The quantitative estimate of drug-likeness (QED) is 0.264. The standard InChI is InChI=1S/C27H33N5O3/c1-35-23-9-5-8-22(33)24(23)25(34)30-17-27(20-6-3-2-4-7-20)14-12-21(13-15-27)32-26(31-18-28)29-16-19-10-11-19/h2-9,19,21,33H,10-17H2,1H3,(H,30,34)(H2,29,31,32)/t21-,27-. The molecule has 2 aliphatic rings. The monoisotopic (exact) mass is 475 g/mol. The summed E-state index contributed by atoms with van der Waals surface area (Å²) in [6.45, 7) is 1.29. The number of aromatic hydroxyl groups is 1. The zero-order valence-corrected chi connectivity index (χ0v) is 20.1. The highest BCUT2D eigenvalue weighted by molar-refractivity contribution is 5.99. The van der Waals surface area contributed by atoms with Gasteiger partial charge in [0.15, 0.2) is 0 Å². The number of methoxy groups -OCH3 is 1. The van der Waals surface area contributed by atoms with Crippen molar-refractivity contribution in [2.24, 2.45) is 10.9 Å². The van der Waals surface area contributed by atoms with Gasteiger partial charge in [0.2, 0.25) is 12.2 Å². The van der Waals surface area contributed by atoms with Crippen LogP contribution in [-0.2, 0) is 5.41 Å². The van der Waals surface area contributed by atoms with Crippen molar-refractivity contribution in [1.29, 1.82) is 5.26 Å². The Balaban J connectivity index is 1.44. The van der Waals surface area contributed by atoms with Crippen molar-refractivity contribution in [1.82, 2.24) is 16.0 Å². The third kappa shape index (κ3) is 6.04. The molecule has 0 unspecified atom stereocenters. The van der Waals surface area contributed by atoms with Crippen molar-refractivity contribution in [2.75, 3.05) is 20.2 Å². The van der Waals surface area contributed by atoms with Crippen LogP contribution in [0.3, 0.4) is 0 Å². The Morgan fingerprint density at radius 2 is 1.86 bits per heavy atom. The molecule has 4 N–H and O–H groups in total. The summed E-state index contributed by atoms with van der Waals surface area (Å²) in [4.78, 5) is 17.0. The van der Waals surface area contributed by atoms with Gasteiger partial charge >= 0.3 is 0 Å². The number of phenols is 1. The number of aliphatic imine (C=N–C) groups is 1. The van der Waals surface area contributed by atoms with Gasteiger partial charge in [0.1, 0.15) is 17.1 Å². The first-order valence-corrected chi connectivity index (χ1v) is 12.2. The Morgan fingerprint density at radius 3 is 2.51 bits per heavy atom. The van der Waals surface area contributed by atoms with E-state index in [9.17, 15) is 9.90 Å². The maximum Gasteiger partial charge on any atom is 0.258 e. The fourth-order valence-electron chi connectivity index (χ4n) is 4.86. The summed E-state index contributed by atoms with van der Waals surface area (Å²) in [5.74, 6) is 1.11. The summed E-state index contributed by atoms with van der Waals surface area (Å²) in [5, 5.41) is 29.1. The van der Waals surface area contributed by atoms with E-state index < -0.39 is 0 Å². The van der Waals surface area contributed by atoms with Gasteiger partial charge in [0, 0.05) is 24.5 Å². The van der Waals surface area contributed by atoms with Crippen LogP contribution < -0.4 is 20.7 Å². The van der Waals surface area contributed by atoms with Crippen molar-refractivity contribution < 1.29 is 14.6 Å². The van der Waals surface area contributed by atoms with Crippen LogP contribution in [-0.4, -0.2) is 43.2 Å². The molecule has 184 valence electrons. The number of benzene rings is 2. The second-order valence-electron chi connectivity index (χ2n) is 9.49. The van der Waals surface area contributed by atoms with Crippen LogP contribution in [0, 0.1) is 17.4 Å². The smallest absolute Gasteiger partial charge is 0.258 e. The molecule has 0 spiro atoms. The maximum absolute atomic E-state index is 13.1. The van der Waals surface area contributed by atoms with E-state index in [0.717, 1.165) is 32.2 Å². The van der Waals surface area contributed by atoms with Crippen LogP contribution in [0.4, 0.5) is 0 Å². The number of nitrogens with one attached hydrogen (secondary N) is 3. The first-order valence-electron chi connectivity index (χ1n) is 12.2. The van der Waals surface area contributed by atoms with Gasteiger partial charge in [-0.05, 0) is 62.1 Å². The molecular formula is C27H33N5O3. The molecule has 2 aromatic rings. The van der Waals surface area contributed by atoms with Gasteiger partial charge < -0.3 is 25.8 Å². The van der Waals surface area contributed by atoms with Gasteiger partial charge in [-0.1, -0.05) is 36.4 Å². The van der Waals surface area contributed by atoms with E-state index in [1.54, 1.807) is 12.1 Å². The number of nitriles is 1. The molecule has 0 radical (unpaired) electrons. The van der Waals surface area contributed by atoms with Gasteiger partial charge in [-0.25, -0.2) is 0 Å². The van der Waals surface area contributed by atoms with Crippen molar-refractivity contribution in [2.45, 2.75) is 50.0 Å². The van der Waals surface area contributed by atoms with E-state index >= 15 is 0 Å². The highest BCUT2D eigenvalue weighted by Gasteiger charge is 2.38. The fourth-order valence-corrected chi connectivity index (χ4v) is 4.86. The Morgan fingerprint density at radius 1 is 1.11 bits per heavy atom. The minimum Gasteiger partial charge on any atom is -0.507 e. The molecule has 2 aromatic carbocycles. The van der Waals surface area contributed by atoms with Crippen LogP contribution in [0.25, 0.3) is 0 Å². The van der Waals surface area contributed by atoms with Crippen LogP contribution in [0.15, 0.2) is 53.5 Å². The molecule has 0 bridgehead atoms. The maximum atomic E-state index is 13.1. The van der Waals surface area contributed by atoms with Crippen LogP contribution >= 0.6 is 0 Å². The summed E-state index contributed by atoms with van der Waals surface area (Å²) in [6, 6.07) is 15.2. The Labute approximate surface area is 206 Å². The van der Waals surface area contributed by atoms with E-state index in [4.69, 9.17) is 10.00 Å². The van der Waals surface area contributed by atoms with Crippen molar-refractivity contribution in [3.05, 3.63) is 59.7 Å². The number of phenolic OH excluding ortho intramolecular Hbond substituents is 1. The van der Waals surface area contributed by atoms with Gasteiger partial charge in [-0.2, -0.15) is 5.26 Å². The normalized spacial score (nSPS) is 22.1. The van der Waals surface area contributed by atoms with E-state index in [-0.39, 0.29) is 28.7 Å². The Bertz CT molecular complexity index is 1080. The Kier molecular flexibility index (Phi) is 7.76. The number of carbonyl (C=O) groups excluding carboxylic acids is 1. The summed E-state index contributed by atoms with van der Waals surface area (Å²) >= 11 is 0.